The third-order valence-electron chi connectivity index (χ3n) is 3.22. The van der Waals surface area contributed by atoms with Gasteiger partial charge in [-0.2, -0.15) is 8.42 Å². The predicted octanol–water partition coefficient (Wildman–Crippen LogP) is 4.18. The molecule has 0 spiro atoms. The van der Waals surface area contributed by atoms with E-state index in [9.17, 15) is 13.0 Å². The van der Waals surface area contributed by atoms with Gasteiger partial charge >= 0.3 is 18.4 Å². The van der Waals surface area contributed by atoms with Crippen molar-refractivity contribution in [3.8, 4) is 0 Å². The van der Waals surface area contributed by atoms with Crippen LogP contribution in [-0.2, 0) is 28.2 Å². The van der Waals surface area contributed by atoms with Crippen molar-refractivity contribution in [3.05, 3.63) is 28.8 Å². The molecule has 1 unspecified atom stereocenters. The molecule has 0 heterocycles. The molecule has 0 bridgehead atoms. The lowest BCUT2D eigenvalue weighted by Gasteiger charge is -2.21. The fourth-order valence-electron chi connectivity index (χ4n) is 2.44. The summed E-state index contributed by atoms with van der Waals surface area (Å²) < 4.78 is 48.7. The fourth-order valence-corrected chi connectivity index (χ4v) is 3.94. The largest absolute Gasteiger partial charge is 0.729 e. The van der Waals surface area contributed by atoms with Gasteiger partial charge in [0.05, 0.1) is 11.8 Å². The minimum absolute atomic E-state index is 0.0244. The van der Waals surface area contributed by atoms with Crippen LogP contribution in [0.3, 0.4) is 0 Å². The summed E-state index contributed by atoms with van der Waals surface area (Å²) in [4.78, 5) is 0.0244. The highest BCUT2D eigenvalue weighted by atomic mass is 32.2. The highest BCUT2D eigenvalue weighted by Crippen LogP contribution is 2.36. The molecule has 124 valence electrons. The van der Waals surface area contributed by atoms with E-state index in [2.05, 4.69) is 13.5 Å². The first-order valence-electron chi connectivity index (χ1n) is 6.87. The van der Waals surface area contributed by atoms with E-state index < -0.39 is 18.4 Å². The molecule has 1 aromatic carbocycles. The van der Waals surface area contributed by atoms with E-state index in [0.717, 1.165) is 18.2 Å². The molecular weight excluding hydrogens is 327 g/mol. The zero-order chi connectivity index (χ0) is 17.1. The van der Waals surface area contributed by atoms with Crippen molar-refractivity contribution in [2.75, 3.05) is 7.11 Å². The van der Waals surface area contributed by atoms with Gasteiger partial charge < -0.3 is 0 Å². The van der Waals surface area contributed by atoms with Gasteiger partial charge in [-0.25, -0.2) is 0 Å². The Morgan fingerprint density at radius 3 is 2.05 bits per heavy atom. The van der Waals surface area contributed by atoms with Crippen molar-refractivity contribution < 1.29 is 26.5 Å². The molecule has 22 heavy (non-hydrogen) atoms. The van der Waals surface area contributed by atoms with Crippen LogP contribution in [-0.4, -0.2) is 15.5 Å². The maximum atomic E-state index is 12.3. The molecular formula is C14H22O6PS+. The number of rotatable bonds is 7. The van der Waals surface area contributed by atoms with E-state index in [-0.39, 0.29) is 16.7 Å². The van der Waals surface area contributed by atoms with Crippen molar-refractivity contribution in [1.82, 2.24) is 0 Å². The van der Waals surface area contributed by atoms with E-state index in [1.165, 1.54) is 6.07 Å². The van der Waals surface area contributed by atoms with Crippen LogP contribution in [0, 0.1) is 6.92 Å². The van der Waals surface area contributed by atoms with Gasteiger partial charge in [-0.3, -0.25) is 0 Å². The highest BCUT2D eigenvalue weighted by molar-refractivity contribution is 7.86. The Kier molecular flexibility index (Phi) is 6.65. The smallest absolute Gasteiger partial charge is 0.191 e. The van der Waals surface area contributed by atoms with Crippen LogP contribution in [0.2, 0.25) is 0 Å². The van der Waals surface area contributed by atoms with Crippen molar-refractivity contribution in [1.29, 1.82) is 0 Å². The first kappa shape index (κ1) is 19.2. The Balaban J connectivity index is 3.41. The standard InChI is InChI=1S/C14H22O6PS/c1-9(2)13-11(5)7-8-12(14(13)10(3)4)22(16,17)20-19-21(15)18-6/h7-10H,1-6H3/q+1. The molecule has 0 aliphatic rings. The Labute approximate surface area is 132 Å². The Hall–Kier alpha value is -0.850. The molecule has 0 saturated carbocycles. The first-order chi connectivity index (χ1) is 10.1. The van der Waals surface area contributed by atoms with Crippen molar-refractivity contribution in [2.45, 2.75) is 51.3 Å². The minimum Gasteiger partial charge on any atom is -0.191 e. The highest BCUT2D eigenvalue weighted by Gasteiger charge is 2.31. The monoisotopic (exact) mass is 349 g/mol. The zero-order valence-electron chi connectivity index (χ0n) is 13.6. The summed E-state index contributed by atoms with van der Waals surface area (Å²) in [6.07, 6.45) is 0. The quantitative estimate of drug-likeness (QED) is 0.417. The molecule has 0 radical (unpaired) electrons. The van der Waals surface area contributed by atoms with Crippen LogP contribution in [0.5, 0.6) is 0 Å². The van der Waals surface area contributed by atoms with Crippen LogP contribution in [0.4, 0.5) is 0 Å². The summed E-state index contributed by atoms with van der Waals surface area (Å²) in [5.74, 6) is 0.130. The predicted molar refractivity (Wildman–Crippen MR) is 83.3 cm³/mol. The average Bonchev–Trinajstić information content (AvgIpc) is 2.43. The van der Waals surface area contributed by atoms with Crippen molar-refractivity contribution in [3.63, 3.8) is 0 Å². The molecule has 0 aliphatic heterocycles. The molecule has 0 fully saturated rings. The summed E-state index contributed by atoms with van der Waals surface area (Å²) in [5.41, 5.74) is 2.67. The molecule has 0 amide bonds. The molecule has 0 N–H and O–H groups in total. The van der Waals surface area contributed by atoms with E-state index in [1.807, 2.05) is 34.6 Å². The third kappa shape index (κ3) is 4.33. The second-order valence-electron chi connectivity index (χ2n) is 5.52. The maximum Gasteiger partial charge on any atom is 0.729 e. The summed E-state index contributed by atoms with van der Waals surface area (Å²) >= 11 is 0. The van der Waals surface area contributed by atoms with Crippen LogP contribution in [0.15, 0.2) is 17.0 Å². The lowest BCUT2D eigenvalue weighted by Crippen LogP contribution is -2.13. The fraction of sp³-hybridized carbons (Fsp3) is 0.571. The number of benzene rings is 1. The SMILES string of the molecule is CO[P+](=O)OOS(=O)(=O)c1ccc(C)c(C(C)C)c1C(C)C. The van der Waals surface area contributed by atoms with E-state index in [1.54, 1.807) is 6.07 Å². The molecule has 1 atom stereocenters. The summed E-state index contributed by atoms with van der Waals surface area (Å²) in [5, 5.41) is 0. The lowest BCUT2D eigenvalue weighted by molar-refractivity contribution is -0.0962. The molecule has 0 aliphatic carbocycles. The number of hydrogen-bond donors (Lipinski definition) is 0. The van der Waals surface area contributed by atoms with Crippen molar-refractivity contribution in [2.24, 2.45) is 0 Å². The maximum absolute atomic E-state index is 12.3. The Bertz CT molecular complexity index is 652. The topological polar surface area (TPSA) is 78.9 Å². The van der Waals surface area contributed by atoms with E-state index in [4.69, 9.17) is 0 Å². The van der Waals surface area contributed by atoms with Crippen LogP contribution in [0.25, 0.3) is 0 Å². The molecule has 1 aromatic rings. The van der Waals surface area contributed by atoms with Gasteiger partial charge in [-0.15, -0.1) is 4.52 Å². The Morgan fingerprint density at radius 1 is 1.05 bits per heavy atom. The Morgan fingerprint density at radius 2 is 1.59 bits per heavy atom. The summed E-state index contributed by atoms with van der Waals surface area (Å²) in [6.45, 7) is 9.77. The lowest BCUT2D eigenvalue weighted by atomic mass is 9.87. The molecule has 0 aromatic heterocycles. The second kappa shape index (κ2) is 7.62. The average molecular weight is 349 g/mol. The van der Waals surface area contributed by atoms with Crippen molar-refractivity contribution >= 4 is 18.4 Å². The van der Waals surface area contributed by atoms with Gasteiger partial charge in [-0.1, -0.05) is 38.1 Å². The number of aryl methyl sites for hydroxylation is 1. The van der Waals surface area contributed by atoms with Gasteiger partial charge in [0.15, 0.2) is 0 Å². The second-order valence-corrected chi connectivity index (χ2v) is 7.97. The summed E-state index contributed by atoms with van der Waals surface area (Å²) in [7, 11) is -5.71. The van der Waals surface area contributed by atoms with Crippen LogP contribution in [0.1, 0.15) is 56.2 Å². The van der Waals surface area contributed by atoms with Gasteiger partial charge in [0, 0.05) is 4.57 Å². The van der Waals surface area contributed by atoms with Crippen LogP contribution < -0.4 is 0 Å². The van der Waals surface area contributed by atoms with Gasteiger partial charge in [0.1, 0.15) is 4.90 Å². The van der Waals surface area contributed by atoms with Gasteiger partial charge in [-0.05, 0) is 41.5 Å². The normalized spacial score (nSPS) is 13.0. The number of hydrogen-bond acceptors (Lipinski definition) is 6. The molecule has 6 nitrogen and oxygen atoms in total. The first-order valence-corrected chi connectivity index (χ1v) is 9.38. The molecule has 1 rings (SSSR count). The van der Waals surface area contributed by atoms with E-state index >= 15 is 0 Å². The van der Waals surface area contributed by atoms with Gasteiger partial charge in [0.25, 0.3) is 0 Å². The van der Waals surface area contributed by atoms with Crippen LogP contribution >= 0.6 is 8.25 Å². The zero-order valence-corrected chi connectivity index (χ0v) is 15.3. The molecule has 0 saturated heterocycles. The summed E-state index contributed by atoms with van der Waals surface area (Å²) in [6, 6.07) is 3.21. The minimum atomic E-state index is -4.20. The third-order valence-corrected chi connectivity index (χ3v) is 4.96. The van der Waals surface area contributed by atoms with Gasteiger partial charge in [0.2, 0.25) is 0 Å². The van der Waals surface area contributed by atoms with E-state index in [0.29, 0.717) is 5.56 Å². The molecule has 8 heteroatoms.